The third kappa shape index (κ3) is 7.75. The molecule has 1 unspecified atom stereocenters. The molecule has 1 rings (SSSR count). The highest BCUT2D eigenvalue weighted by atomic mass is 16.5. The molecule has 6 nitrogen and oxygen atoms in total. The Hall–Kier alpha value is -2.39. The summed E-state index contributed by atoms with van der Waals surface area (Å²) in [6.45, 7) is 1.52. The molecule has 0 aliphatic carbocycles. The average Bonchev–Trinajstić information content (AvgIpc) is 2.59. The van der Waals surface area contributed by atoms with Crippen LogP contribution in [0.4, 0.5) is 0 Å². The van der Waals surface area contributed by atoms with Gasteiger partial charge >= 0.3 is 0 Å². The Labute approximate surface area is 142 Å². The van der Waals surface area contributed by atoms with Crippen molar-refractivity contribution in [2.24, 2.45) is 0 Å². The number of hydroxylamine groups is 1. The molecule has 1 aromatic carbocycles. The summed E-state index contributed by atoms with van der Waals surface area (Å²) in [6.07, 6.45) is 5.36. The molecule has 0 aliphatic rings. The van der Waals surface area contributed by atoms with Gasteiger partial charge in [0.05, 0.1) is 6.07 Å². The van der Waals surface area contributed by atoms with Crippen LogP contribution in [0.2, 0.25) is 0 Å². The molecule has 0 spiro atoms. The first-order chi connectivity index (χ1) is 11.6. The van der Waals surface area contributed by atoms with E-state index in [1.54, 1.807) is 0 Å². The van der Waals surface area contributed by atoms with Crippen molar-refractivity contribution in [3.8, 4) is 6.07 Å². The van der Waals surface area contributed by atoms with Crippen LogP contribution in [0.1, 0.15) is 50.2 Å². The zero-order valence-electron chi connectivity index (χ0n) is 14.0. The third-order valence-electron chi connectivity index (χ3n) is 3.80. The summed E-state index contributed by atoms with van der Waals surface area (Å²) in [6, 6.07) is 9.72. The van der Waals surface area contributed by atoms with E-state index >= 15 is 0 Å². The highest BCUT2D eigenvalue weighted by molar-refractivity contribution is 5.86. The van der Waals surface area contributed by atoms with Gasteiger partial charge < -0.3 is 5.32 Å². The number of benzene rings is 1. The number of carbonyl (C=O) groups excluding carboxylic acids is 2. The van der Waals surface area contributed by atoms with Gasteiger partial charge in [0.1, 0.15) is 6.04 Å². The predicted octanol–water partition coefficient (Wildman–Crippen LogP) is 2.26. The summed E-state index contributed by atoms with van der Waals surface area (Å²) in [5, 5.41) is 19.6. The molecular formula is C18H25N3O3. The number of rotatable bonds is 10. The quantitative estimate of drug-likeness (QED) is 0.347. The number of hydrogen-bond donors (Lipinski definition) is 3. The van der Waals surface area contributed by atoms with Crippen molar-refractivity contribution >= 4 is 11.8 Å². The van der Waals surface area contributed by atoms with Gasteiger partial charge in [-0.1, -0.05) is 30.7 Å². The number of carbonyl (C=O) groups is 2. The number of aryl methyl sites for hydroxylation is 2. The van der Waals surface area contributed by atoms with E-state index in [2.05, 4.69) is 35.7 Å². The Balaban J connectivity index is 2.16. The number of nitrogens with one attached hydrogen (secondary N) is 2. The van der Waals surface area contributed by atoms with Crippen LogP contribution in [0.3, 0.4) is 0 Å². The maximum atomic E-state index is 11.6. The molecule has 0 saturated carbocycles. The number of nitrogens with zero attached hydrogens (tertiary/aromatic N) is 1. The van der Waals surface area contributed by atoms with E-state index in [9.17, 15) is 9.59 Å². The van der Waals surface area contributed by atoms with E-state index in [-0.39, 0.29) is 5.91 Å². The molecular weight excluding hydrogens is 306 g/mol. The lowest BCUT2D eigenvalue weighted by Crippen LogP contribution is -2.43. The second-order valence-corrected chi connectivity index (χ2v) is 5.80. The maximum absolute atomic E-state index is 11.6. The molecule has 1 aromatic rings. The normalized spacial score (nSPS) is 11.4. The first-order valence-corrected chi connectivity index (χ1v) is 8.25. The minimum atomic E-state index is -0.734. The predicted molar refractivity (Wildman–Crippen MR) is 90.1 cm³/mol. The Morgan fingerprint density at radius 1 is 1.12 bits per heavy atom. The lowest BCUT2D eigenvalue weighted by atomic mass is 10.0. The molecule has 0 fully saturated rings. The van der Waals surface area contributed by atoms with E-state index in [1.165, 1.54) is 23.5 Å². The molecule has 3 N–H and O–H groups in total. The van der Waals surface area contributed by atoms with Crippen molar-refractivity contribution in [1.29, 1.82) is 5.26 Å². The van der Waals surface area contributed by atoms with Crippen LogP contribution in [0, 0.1) is 11.3 Å². The van der Waals surface area contributed by atoms with Gasteiger partial charge in [0.25, 0.3) is 5.91 Å². The molecule has 2 amide bonds. The molecule has 0 radical (unpaired) electrons. The molecule has 0 heterocycles. The lowest BCUT2D eigenvalue weighted by Gasteiger charge is -2.11. The molecule has 130 valence electrons. The van der Waals surface area contributed by atoms with Crippen molar-refractivity contribution in [2.75, 3.05) is 0 Å². The summed E-state index contributed by atoms with van der Waals surface area (Å²) < 4.78 is 0. The van der Waals surface area contributed by atoms with Crippen LogP contribution >= 0.6 is 0 Å². The van der Waals surface area contributed by atoms with Gasteiger partial charge in [-0.25, -0.2) is 5.48 Å². The first kappa shape index (κ1) is 19.7. The zero-order chi connectivity index (χ0) is 17.8. The van der Waals surface area contributed by atoms with Gasteiger partial charge in [0.2, 0.25) is 5.91 Å². The molecule has 0 aliphatic heterocycles. The molecule has 0 saturated heterocycles. The fourth-order valence-electron chi connectivity index (χ4n) is 2.34. The fraction of sp³-hybridized carbons (Fsp3) is 0.500. The smallest absolute Gasteiger partial charge is 0.265 e. The fourth-order valence-corrected chi connectivity index (χ4v) is 2.34. The molecule has 0 aromatic heterocycles. The number of amides is 2. The average molecular weight is 331 g/mol. The van der Waals surface area contributed by atoms with Gasteiger partial charge in [-0.15, -0.1) is 0 Å². The second kappa shape index (κ2) is 11.2. The SMILES string of the molecule is CC(NC(=O)CCCCCc1ccc(CCC#N)cc1)C(=O)NO. The standard InChI is InChI=1S/C18H25N3O3/c1-14(18(23)21-24)20-17(22)8-4-2-3-6-15-9-11-16(12-10-15)7-5-13-19/h9-12,14,24H,2-8H2,1H3,(H,20,22)(H,21,23). The molecule has 1 atom stereocenters. The van der Waals surface area contributed by atoms with Gasteiger partial charge in [0.15, 0.2) is 0 Å². The van der Waals surface area contributed by atoms with Gasteiger partial charge in [-0.05, 0) is 43.7 Å². The van der Waals surface area contributed by atoms with E-state index < -0.39 is 11.9 Å². The van der Waals surface area contributed by atoms with E-state index in [0.717, 1.165) is 32.1 Å². The summed E-state index contributed by atoms with van der Waals surface area (Å²) in [5.41, 5.74) is 3.95. The van der Waals surface area contributed by atoms with Crippen LogP contribution < -0.4 is 10.8 Å². The maximum Gasteiger partial charge on any atom is 0.265 e. The van der Waals surface area contributed by atoms with Crippen LogP contribution in [-0.4, -0.2) is 23.1 Å². The van der Waals surface area contributed by atoms with Crippen molar-refractivity contribution < 1.29 is 14.8 Å². The Bertz CT molecular complexity index is 564. The largest absolute Gasteiger partial charge is 0.345 e. The monoisotopic (exact) mass is 331 g/mol. The minimum Gasteiger partial charge on any atom is -0.345 e. The highest BCUT2D eigenvalue weighted by Gasteiger charge is 2.13. The summed E-state index contributed by atoms with van der Waals surface area (Å²) in [4.78, 5) is 22.7. The first-order valence-electron chi connectivity index (χ1n) is 8.25. The second-order valence-electron chi connectivity index (χ2n) is 5.80. The summed E-state index contributed by atoms with van der Waals surface area (Å²) in [5.74, 6) is -0.811. The van der Waals surface area contributed by atoms with Crippen molar-refractivity contribution in [1.82, 2.24) is 10.8 Å². The Kier molecular flexibility index (Phi) is 9.17. The topological polar surface area (TPSA) is 102 Å². The molecule has 0 bridgehead atoms. The Morgan fingerprint density at radius 3 is 2.33 bits per heavy atom. The third-order valence-corrected chi connectivity index (χ3v) is 3.80. The van der Waals surface area contributed by atoms with Crippen molar-refractivity contribution in [3.63, 3.8) is 0 Å². The molecule has 6 heteroatoms. The molecule has 24 heavy (non-hydrogen) atoms. The van der Waals surface area contributed by atoms with Crippen LogP contribution in [0.25, 0.3) is 0 Å². The van der Waals surface area contributed by atoms with Gasteiger partial charge in [0, 0.05) is 12.8 Å². The van der Waals surface area contributed by atoms with E-state index in [4.69, 9.17) is 10.5 Å². The minimum absolute atomic E-state index is 0.187. The highest BCUT2D eigenvalue weighted by Crippen LogP contribution is 2.11. The van der Waals surface area contributed by atoms with Crippen LogP contribution in [0.15, 0.2) is 24.3 Å². The number of nitriles is 1. The zero-order valence-corrected chi connectivity index (χ0v) is 14.0. The summed E-state index contributed by atoms with van der Waals surface area (Å²) in [7, 11) is 0. The van der Waals surface area contributed by atoms with Crippen molar-refractivity contribution in [2.45, 2.75) is 57.9 Å². The van der Waals surface area contributed by atoms with Crippen molar-refractivity contribution in [3.05, 3.63) is 35.4 Å². The summed E-state index contributed by atoms with van der Waals surface area (Å²) >= 11 is 0. The van der Waals surface area contributed by atoms with Crippen LogP contribution in [0.5, 0.6) is 0 Å². The van der Waals surface area contributed by atoms with Gasteiger partial charge in [-0.3, -0.25) is 14.8 Å². The van der Waals surface area contributed by atoms with Gasteiger partial charge in [-0.2, -0.15) is 5.26 Å². The van der Waals surface area contributed by atoms with E-state index in [0.29, 0.717) is 12.8 Å². The Morgan fingerprint density at radius 2 is 1.75 bits per heavy atom. The van der Waals surface area contributed by atoms with E-state index in [1.807, 2.05) is 0 Å². The lowest BCUT2D eigenvalue weighted by molar-refractivity contribution is -0.134. The number of unbranched alkanes of at least 4 members (excludes halogenated alkanes) is 2. The number of hydrogen-bond acceptors (Lipinski definition) is 4. The van der Waals surface area contributed by atoms with Crippen LogP contribution in [-0.2, 0) is 22.4 Å².